The van der Waals surface area contributed by atoms with Crippen LogP contribution < -0.4 is 9.80 Å². The van der Waals surface area contributed by atoms with Gasteiger partial charge in [-0.2, -0.15) is 0 Å². The van der Waals surface area contributed by atoms with Gasteiger partial charge in [-0.3, -0.25) is 0 Å². The molecule has 0 saturated carbocycles. The Morgan fingerprint density at radius 2 is 0.704 bits per heavy atom. The van der Waals surface area contributed by atoms with Crippen molar-refractivity contribution in [2.75, 3.05) is 9.80 Å². The molecule has 0 aliphatic rings. The van der Waals surface area contributed by atoms with E-state index in [0.717, 1.165) is 39.0 Å². The summed E-state index contributed by atoms with van der Waals surface area (Å²) in [7, 11) is 0. The van der Waals surface area contributed by atoms with E-state index in [9.17, 15) is 11.0 Å². The van der Waals surface area contributed by atoms with Gasteiger partial charge in [-0.15, -0.1) is 0 Å². The SMILES string of the molecule is [2H]c1c([2H])c(-c2c([2H])c([2H])c(N(c3ccccc3)c3ccccc3)c([2H])c2[2H])c([2H])c([2H])c1-c1ccc(N(c2ccccc2)c2ccccc2-c2cccc3ccccc23)cc1. The number of hydrogen-bond donors (Lipinski definition) is 0. The van der Waals surface area contributed by atoms with Crippen molar-refractivity contribution in [1.29, 1.82) is 0 Å². The Labute approximate surface area is 328 Å². The topological polar surface area (TPSA) is 6.48 Å². The largest absolute Gasteiger partial charge is 0.311 e. The van der Waals surface area contributed by atoms with E-state index in [0.29, 0.717) is 16.9 Å². The average Bonchev–Trinajstić information content (AvgIpc) is 3.32. The second-order valence-corrected chi connectivity index (χ2v) is 12.7. The summed E-state index contributed by atoms with van der Waals surface area (Å²) < 4.78 is 73.6. The fraction of sp³-hybridized carbons (Fsp3) is 0. The van der Waals surface area contributed by atoms with E-state index < -0.39 is 24.2 Å². The van der Waals surface area contributed by atoms with Crippen LogP contribution >= 0.6 is 0 Å². The number of anilines is 6. The first-order valence-corrected chi connectivity index (χ1v) is 17.8. The predicted octanol–water partition coefficient (Wildman–Crippen LogP) is 14.8. The Kier molecular flexibility index (Phi) is 6.84. The van der Waals surface area contributed by atoms with Crippen molar-refractivity contribution in [2.45, 2.75) is 0 Å². The van der Waals surface area contributed by atoms with E-state index in [4.69, 9.17) is 0 Å². The molecule has 9 aromatic carbocycles. The molecule has 2 nitrogen and oxygen atoms in total. The Hall–Kier alpha value is -7.16. The number of fused-ring (bicyclic) bond motifs is 1. The molecule has 0 aromatic heterocycles. The number of nitrogens with zero attached hydrogens (tertiary/aromatic N) is 2. The van der Waals surface area contributed by atoms with E-state index in [1.807, 2.05) is 127 Å². The van der Waals surface area contributed by atoms with Gasteiger partial charge in [0.15, 0.2) is 0 Å². The fourth-order valence-electron chi connectivity index (χ4n) is 6.82. The first-order chi connectivity index (χ1) is 30.2. The average molecular weight is 699 g/mol. The van der Waals surface area contributed by atoms with Gasteiger partial charge in [-0.25, -0.2) is 0 Å². The molecule has 0 saturated heterocycles. The summed E-state index contributed by atoms with van der Waals surface area (Å²) in [4.78, 5) is 3.80. The second-order valence-electron chi connectivity index (χ2n) is 12.7. The zero-order valence-corrected chi connectivity index (χ0v) is 29.2. The van der Waals surface area contributed by atoms with Crippen molar-refractivity contribution in [3.8, 4) is 33.4 Å². The third-order valence-electron chi connectivity index (χ3n) is 9.39. The minimum absolute atomic E-state index is 0.00240. The van der Waals surface area contributed by atoms with E-state index >= 15 is 0 Å². The Bertz CT molecular complexity index is 3000. The zero-order chi connectivity index (χ0) is 43.1. The maximum absolute atomic E-state index is 9.21. The smallest absolute Gasteiger partial charge is 0.0645 e. The standard InChI is InChI=1S/C52H38N2/c1-4-17-44(18-5-1)53(45-19-6-2-7-20-45)47-35-31-41(32-36-47)39-27-29-40(30-28-39)42-33-37-48(38-34-42)54(46-21-8-3-9-22-46)52-26-13-12-24-51(52)50-25-14-16-43-15-10-11-23-49(43)50/h1-38H/i27D,28D,29D,30D,31D,32D,35D,36D. The van der Waals surface area contributed by atoms with Crippen molar-refractivity contribution in [3.05, 3.63) is 230 Å². The normalized spacial score (nSPS) is 13.0. The van der Waals surface area contributed by atoms with Crippen LogP contribution in [0.5, 0.6) is 0 Å². The van der Waals surface area contributed by atoms with Crippen molar-refractivity contribution < 1.29 is 11.0 Å². The van der Waals surface area contributed by atoms with Gasteiger partial charge in [-0.1, -0.05) is 164 Å². The molecule has 0 N–H and O–H groups in total. The van der Waals surface area contributed by atoms with Gasteiger partial charge in [0.2, 0.25) is 0 Å². The van der Waals surface area contributed by atoms with Gasteiger partial charge in [0.25, 0.3) is 0 Å². The highest BCUT2D eigenvalue weighted by Crippen LogP contribution is 2.43. The molecule has 2 heteroatoms. The predicted molar refractivity (Wildman–Crippen MR) is 230 cm³/mol. The molecular weight excluding hydrogens is 653 g/mol. The van der Waals surface area contributed by atoms with E-state index in [2.05, 4.69) is 47.4 Å². The zero-order valence-electron chi connectivity index (χ0n) is 37.2. The molecule has 0 unspecified atom stereocenters. The summed E-state index contributed by atoms with van der Waals surface area (Å²) in [6.45, 7) is 0. The summed E-state index contributed by atoms with van der Waals surface area (Å²) in [5.41, 5.74) is 5.93. The van der Waals surface area contributed by atoms with Crippen LogP contribution in [0.2, 0.25) is 0 Å². The molecule has 256 valence electrons. The first-order valence-electron chi connectivity index (χ1n) is 21.8. The van der Waals surface area contributed by atoms with Crippen LogP contribution in [0.25, 0.3) is 44.2 Å². The minimum atomic E-state index is -0.472. The molecule has 9 aromatic rings. The quantitative estimate of drug-likeness (QED) is 0.148. The van der Waals surface area contributed by atoms with Crippen LogP contribution in [0.3, 0.4) is 0 Å². The van der Waals surface area contributed by atoms with Gasteiger partial charge in [0.05, 0.1) is 16.7 Å². The minimum Gasteiger partial charge on any atom is -0.311 e. The third kappa shape index (κ3) is 6.53. The molecule has 0 radical (unpaired) electrons. The van der Waals surface area contributed by atoms with Crippen LogP contribution in [0.4, 0.5) is 34.1 Å². The van der Waals surface area contributed by atoms with Crippen molar-refractivity contribution >= 4 is 44.9 Å². The van der Waals surface area contributed by atoms with Crippen LogP contribution in [-0.4, -0.2) is 0 Å². The molecule has 0 bridgehead atoms. The molecule has 9 rings (SSSR count). The van der Waals surface area contributed by atoms with E-state index in [-0.39, 0.29) is 46.5 Å². The maximum Gasteiger partial charge on any atom is 0.0645 e. The highest BCUT2D eigenvalue weighted by atomic mass is 15.1. The summed E-state index contributed by atoms with van der Waals surface area (Å²) in [5, 5.41) is 2.26. The van der Waals surface area contributed by atoms with Crippen molar-refractivity contribution in [3.63, 3.8) is 0 Å². The monoisotopic (exact) mass is 698 g/mol. The van der Waals surface area contributed by atoms with E-state index in [1.54, 1.807) is 17.0 Å². The number of hydrogen-bond acceptors (Lipinski definition) is 2. The Morgan fingerprint density at radius 3 is 1.31 bits per heavy atom. The highest BCUT2D eigenvalue weighted by Gasteiger charge is 2.18. The molecule has 0 aliphatic heterocycles. The van der Waals surface area contributed by atoms with Crippen molar-refractivity contribution in [2.24, 2.45) is 0 Å². The van der Waals surface area contributed by atoms with Crippen LogP contribution in [0.1, 0.15) is 11.0 Å². The lowest BCUT2D eigenvalue weighted by Gasteiger charge is -2.28. The van der Waals surface area contributed by atoms with Gasteiger partial charge in [-0.05, 0) is 105 Å². The summed E-state index contributed by atoms with van der Waals surface area (Å²) >= 11 is 0. The Morgan fingerprint density at radius 1 is 0.278 bits per heavy atom. The Balaban J connectivity index is 1.14. The van der Waals surface area contributed by atoms with Crippen LogP contribution in [0.15, 0.2) is 230 Å². The van der Waals surface area contributed by atoms with Gasteiger partial charge >= 0.3 is 0 Å². The second kappa shape index (κ2) is 14.8. The first kappa shape index (κ1) is 24.9. The number of benzene rings is 9. The highest BCUT2D eigenvalue weighted by molar-refractivity contribution is 6.01. The number of rotatable bonds is 9. The lowest BCUT2D eigenvalue weighted by molar-refractivity contribution is 1.28. The van der Waals surface area contributed by atoms with E-state index in [1.165, 1.54) is 0 Å². The summed E-state index contributed by atoms with van der Waals surface area (Å²) in [6.07, 6.45) is 0. The molecule has 0 fully saturated rings. The molecule has 0 atom stereocenters. The molecule has 0 heterocycles. The molecular formula is C52H38N2. The lowest BCUT2D eigenvalue weighted by Crippen LogP contribution is -2.11. The summed E-state index contributed by atoms with van der Waals surface area (Å²) in [5.74, 6) is 0. The molecule has 0 spiro atoms. The molecule has 0 aliphatic carbocycles. The van der Waals surface area contributed by atoms with Crippen LogP contribution in [-0.2, 0) is 0 Å². The fourth-order valence-corrected chi connectivity index (χ4v) is 6.82. The third-order valence-corrected chi connectivity index (χ3v) is 9.39. The summed E-state index contributed by atoms with van der Waals surface area (Å²) in [6, 6.07) is 55.1. The van der Waals surface area contributed by atoms with Gasteiger partial charge in [0, 0.05) is 34.0 Å². The van der Waals surface area contributed by atoms with Crippen LogP contribution in [0, 0.1) is 0 Å². The molecule has 0 amide bonds. The van der Waals surface area contributed by atoms with Gasteiger partial charge < -0.3 is 9.80 Å². The van der Waals surface area contributed by atoms with Crippen molar-refractivity contribution in [1.82, 2.24) is 0 Å². The number of para-hydroxylation sites is 4. The van der Waals surface area contributed by atoms with Gasteiger partial charge in [0.1, 0.15) is 0 Å². The lowest BCUT2D eigenvalue weighted by atomic mass is 9.96. The maximum atomic E-state index is 9.21. The molecule has 54 heavy (non-hydrogen) atoms.